The van der Waals surface area contributed by atoms with Gasteiger partial charge in [0.05, 0.1) is 10.5 Å². The Kier molecular flexibility index (Phi) is 4.09. The van der Waals surface area contributed by atoms with E-state index in [0.717, 1.165) is 0 Å². The first-order chi connectivity index (χ1) is 9.90. The molecule has 0 spiro atoms. The van der Waals surface area contributed by atoms with E-state index in [9.17, 15) is 20.0 Å². The molecule has 0 aromatic heterocycles. The lowest BCUT2D eigenvalue weighted by atomic mass is 10.1. The Labute approximate surface area is 125 Å². The first-order valence-corrected chi connectivity index (χ1v) is 6.32. The summed E-state index contributed by atoms with van der Waals surface area (Å²) in [4.78, 5) is 22.3. The van der Waals surface area contributed by atoms with Crippen LogP contribution in [0.2, 0.25) is 5.02 Å². The molecular formula is C14H11ClN2O4. The average molecular weight is 307 g/mol. The van der Waals surface area contributed by atoms with E-state index in [1.165, 1.54) is 30.3 Å². The van der Waals surface area contributed by atoms with Crippen molar-refractivity contribution in [2.24, 2.45) is 0 Å². The lowest BCUT2D eigenvalue weighted by molar-refractivity contribution is -0.384. The van der Waals surface area contributed by atoms with Crippen LogP contribution in [0.3, 0.4) is 0 Å². The number of benzene rings is 2. The van der Waals surface area contributed by atoms with Crippen LogP contribution in [0.4, 0.5) is 11.4 Å². The third-order valence-corrected chi connectivity index (χ3v) is 3.27. The van der Waals surface area contributed by atoms with Crippen molar-refractivity contribution in [3.05, 3.63) is 62.7 Å². The zero-order valence-corrected chi connectivity index (χ0v) is 11.7. The molecule has 0 aliphatic heterocycles. The van der Waals surface area contributed by atoms with Crippen LogP contribution in [0, 0.1) is 17.0 Å². The van der Waals surface area contributed by atoms with Gasteiger partial charge in [-0.25, -0.2) is 0 Å². The minimum Gasteiger partial charge on any atom is -0.508 e. The molecule has 0 fully saturated rings. The highest BCUT2D eigenvalue weighted by Crippen LogP contribution is 2.28. The molecule has 6 nitrogen and oxygen atoms in total. The molecule has 0 aliphatic carbocycles. The number of phenols is 1. The van der Waals surface area contributed by atoms with Crippen LogP contribution in [0.1, 0.15) is 15.9 Å². The van der Waals surface area contributed by atoms with Gasteiger partial charge in [0, 0.05) is 11.8 Å². The van der Waals surface area contributed by atoms with Crippen molar-refractivity contribution in [3.63, 3.8) is 0 Å². The molecule has 2 rings (SSSR count). The van der Waals surface area contributed by atoms with Crippen molar-refractivity contribution in [2.75, 3.05) is 5.32 Å². The summed E-state index contributed by atoms with van der Waals surface area (Å²) in [5.41, 5.74) is 0.735. The maximum atomic E-state index is 12.1. The molecule has 0 saturated carbocycles. The molecule has 0 atom stereocenters. The molecule has 7 heteroatoms. The number of phenolic OH excluding ortho intramolecular Hbond substituents is 1. The maximum Gasteiger partial charge on any atom is 0.288 e. The van der Waals surface area contributed by atoms with Gasteiger partial charge in [0.15, 0.2) is 0 Å². The van der Waals surface area contributed by atoms with Crippen molar-refractivity contribution in [1.29, 1.82) is 0 Å². The maximum absolute atomic E-state index is 12.1. The smallest absolute Gasteiger partial charge is 0.288 e. The van der Waals surface area contributed by atoms with Crippen molar-refractivity contribution in [2.45, 2.75) is 6.92 Å². The highest BCUT2D eigenvalue weighted by Gasteiger charge is 2.20. The van der Waals surface area contributed by atoms with Gasteiger partial charge in [0.1, 0.15) is 10.8 Å². The number of nitro benzene ring substituents is 1. The number of halogens is 1. The number of carbonyl (C=O) groups excluding carboxylic acids is 1. The number of carbonyl (C=O) groups is 1. The second-order valence-electron chi connectivity index (χ2n) is 4.35. The molecule has 0 bridgehead atoms. The number of nitrogens with one attached hydrogen (secondary N) is 1. The fraction of sp³-hybridized carbons (Fsp3) is 0.0714. The monoisotopic (exact) mass is 306 g/mol. The molecule has 2 aromatic rings. The molecule has 0 aliphatic rings. The van der Waals surface area contributed by atoms with E-state index in [1.807, 2.05) is 0 Å². The number of nitro groups is 1. The van der Waals surface area contributed by atoms with Gasteiger partial charge in [-0.05, 0) is 36.8 Å². The summed E-state index contributed by atoms with van der Waals surface area (Å²) in [6.45, 7) is 1.69. The van der Waals surface area contributed by atoms with Gasteiger partial charge in [-0.3, -0.25) is 14.9 Å². The molecular weight excluding hydrogens is 296 g/mol. The SMILES string of the molecule is Cc1cc(NC(=O)c2cccc([N+](=O)[O-])c2Cl)ccc1O. The van der Waals surface area contributed by atoms with E-state index >= 15 is 0 Å². The van der Waals surface area contributed by atoms with Crippen molar-refractivity contribution in [3.8, 4) is 5.75 Å². The van der Waals surface area contributed by atoms with Crippen molar-refractivity contribution in [1.82, 2.24) is 0 Å². The Morgan fingerprint density at radius 1 is 1.33 bits per heavy atom. The molecule has 2 N–H and O–H groups in total. The predicted molar refractivity (Wildman–Crippen MR) is 78.9 cm³/mol. The normalized spacial score (nSPS) is 10.2. The molecule has 2 aromatic carbocycles. The van der Waals surface area contributed by atoms with E-state index in [2.05, 4.69) is 5.32 Å². The zero-order chi connectivity index (χ0) is 15.6. The van der Waals surface area contributed by atoms with Gasteiger partial charge in [0.25, 0.3) is 11.6 Å². The number of hydrogen-bond donors (Lipinski definition) is 2. The van der Waals surface area contributed by atoms with Gasteiger partial charge >= 0.3 is 0 Å². The molecule has 1 amide bonds. The number of nitrogens with zero attached hydrogens (tertiary/aromatic N) is 1. The van der Waals surface area contributed by atoms with Gasteiger partial charge in [-0.15, -0.1) is 0 Å². The summed E-state index contributed by atoms with van der Waals surface area (Å²) in [6.07, 6.45) is 0. The van der Waals surface area contributed by atoms with E-state index < -0.39 is 10.8 Å². The summed E-state index contributed by atoms with van der Waals surface area (Å²) >= 11 is 5.88. The largest absolute Gasteiger partial charge is 0.508 e. The first-order valence-electron chi connectivity index (χ1n) is 5.94. The number of aromatic hydroxyl groups is 1. The topological polar surface area (TPSA) is 92.5 Å². The van der Waals surface area contributed by atoms with Crippen LogP contribution < -0.4 is 5.32 Å². The predicted octanol–water partition coefficient (Wildman–Crippen LogP) is 3.51. The van der Waals surface area contributed by atoms with Crippen molar-refractivity contribution >= 4 is 28.9 Å². The van der Waals surface area contributed by atoms with Crippen molar-refractivity contribution < 1.29 is 14.8 Å². The number of rotatable bonds is 3. The summed E-state index contributed by atoms with van der Waals surface area (Å²) in [5.74, 6) is -0.449. The van der Waals surface area contributed by atoms with Gasteiger partial charge in [-0.1, -0.05) is 17.7 Å². The van der Waals surface area contributed by atoms with Crippen LogP contribution in [-0.2, 0) is 0 Å². The lowest BCUT2D eigenvalue weighted by Gasteiger charge is -2.08. The Morgan fingerprint density at radius 3 is 2.67 bits per heavy atom. The van der Waals surface area contributed by atoms with E-state index in [0.29, 0.717) is 11.3 Å². The number of anilines is 1. The number of hydrogen-bond acceptors (Lipinski definition) is 4. The van der Waals surface area contributed by atoms with Crippen LogP contribution in [0.15, 0.2) is 36.4 Å². The molecule has 21 heavy (non-hydrogen) atoms. The number of amides is 1. The van der Waals surface area contributed by atoms with Gasteiger partial charge < -0.3 is 10.4 Å². The Balaban J connectivity index is 2.30. The molecule has 0 heterocycles. The average Bonchev–Trinajstić information content (AvgIpc) is 2.42. The second kappa shape index (κ2) is 5.80. The summed E-state index contributed by atoms with van der Waals surface area (Å²) in [7, 11) is 0. The Morgan fingerprint density at radius 2 is 2.05 bits per heavy atom. The van der Waals surface area contributed by atoms with Crippen LogP contribution >= 0.6 is 11.6 Å². The zero-order valence-electron chi connectivity index (χ0n) is 11.0. The van der Waals surface area contributed by atoms with E-state index in [1.54, 1.807) is 13.0 Å². The standard InChI is InChI=1S/C14H11ClN2O4/c1-8-7-9(5-6-12(8)18)16-14(19)10-3-2-4-11(13(10)15)17(20)21/h2-7,18H,1H3,(H,16,19). The molecule has 0 radical (unpaired) electrons. The molecule has 108 valence electrons. The Bertz CT molecular complexity index is 731. The summed E-state index contributed by atoms with van der Waals surface area (Å²) in [5, 5.41) is 22.6. The van der Waals surface area contributed by atoms with Gasteiger partial charge in [-0.2, -0.15) is 0 Å². The molecule has 0 saturated heterocycles. The quantitative estimate of drug-likeness (QED) is 0.515. The molecule has 0 unspecified atom stereocenters. The fourth-order valence-electron chi connectivity index (χ4n) is 1.77. The fourth-order valence-corrected chi connectivity index (χ4v) is 2.05. The van der Waals surface area contributed by atoms with Gasteiger partial charge in [0.2, 0.25) is 0 Å². The van der Waals surface area contributed by atoms with Crippen LogP contribution in [-0.4, -0.2) is 15.9 Å². The summed E-state index contributed by atoms with van der Waals surface area (Å²) < 4.78 is 0. The number of aryl methyl sites for hydroxylation is 1. The highest BCUT2D eigenvalue weighted by atomic mass is 35.5. The van der Waals surface area contributed by atoms with Crippen LogP contribution in [0.5, 0.6) is 5.75 Å². The van der Waals surface area contributed by atoms with Crippen LogP contribution in [0.25, 0.3) is 0 Å². The van der Waals surface area contributed by atoms with E-state index in [-0.39, 0.29) is 22.0 Å². The second-order valence-corrected chi connectivity index (χ2v) is 4.73. The lowest BCUT2D eigenvalue weighted by Crippen LogP contribution is -2.13. The highest BCUT2D eigenvalue weighted by molar-refractivity contribution is 6.36. The third kappa shape index (κ3) is 3.11. The Hall–Kier alpha value is -2.60. The van der Waals surface area contributed by atoms with E-state index in [4.69, 9.17) is 11.6 Å². The minimum absolute atomic E-state index is 0.0107. The third-order valence-electron chi connectivity index (χ3n) is 2.87. The summed E-state index contributed by atoms with van der Waals surface area (Å²) in [6, 6.07) is 8.56. The first kappa shape index (κ1) is 14.8. The minimum atomic E-state index is -0.649.